The number of hydrogen-bond acceptors (Lipinski definition) is 6. The van der Waals surface area contributed by atoms with Crippen molar-refractivity contribution in [2.24, 2.45) is 0 Å². The number of nitrogen functional groups attached to an aromatic ring is 1. The van der Waals surface area contributed by atoms with Crippen LogP contribution < -0.4 is 22.3 Å². The average molecular weight is 455 g/mol. The van der Waals surface area contributed by atoms with E-state index in [1.807, 2.05) is 53.6 Å². The second kappa shape index (κ2) is 9.30. The highest BCUT2D eigenvalue weighted by molar-refractivity contribution is 5.97. The zero-order valence-corrected chi connectivity index (χ0v) is 18.2. The van der Waals surface area contributed by atoms with Gasteiger partial charge in [-0.1, -0.05) is 30.3 Å². The van der Waals surface area contributed by atoms with Gasteiger partial charge in [-0.25, -0.2) is 4.79 Å². The van der Waals surface area contributed by atoms with Gasteiger partial charge in [-0.3, -0.25) is 19.3 Å². The Morgan fingerprint density at radius 3 is 2.76 bits per heavy atom. The minimum Gasteiger partial charge on any atom is -0.392 e. The van der Waals surface area contributed by atoms with E-state index in [0.29, 0.717) is 12.1 Å². The number of hydrogen-bond donors (Lipinski definition) is 4. The molecule has 5 N–H and O–H groups in total. The molecule has 0 saturated carbocycles. The fourth-order valence-corrected chi connectivity index (χ4v) is 3.54. The molecule has 0 saturated heterocycles. The molecule has 4 aromatic rings. The number of nitrogens with two attached hydrogens (primary N) is 1. The molecule has 0 radical (unpaired) electrons. The third-order valence-electron chi connectivity index (χ3n) is 5.31. The van der Waals surface area contributed by atoms with E-state index in [4.69, 9.17) is 11.0 Å². The molecule has 0 bridgehead atoms. The quantitative estimate of drug-likeness (QED) is 0.347. The number of rotatable bonds is 6. The van der Waals surface area contributed by atoms with E-state index in [1.54, 1.807) is 23.9 Å². The lowest BCUT2D eigenvalue weighted by Crippen LogP contribution is -2.34. The van der Waals surface area contributed by atoms with Crippen LogP contribution in [0.3, 0.4) is 0 Å². The van der Waals surface area contributed by atoms with E-state index in [0.717, 1.165) is 22.3 Å². The van der Waals surface area contributed by atoms with Crippen LogP contribution in [0.4, 0.5) is 5.69 Å². The van der Waals surface area contributed by atoms with Gasteiger partial charge in [-0.15, -0.1) is 0 Å². The summed E-state index contributed by atoms with van der Waals surface area (Å²) in [5.41, 5.74) is 7.54. The highest BCUT2D eigenvalue weighted by atomic mass is 16.2. The zero-order valence-electron chi connectivity index (χ0n) is 18.2. The van der Waals surface area contributed by atoms with Crippen LogP contribution in [0.15, 0.2) is 70.5 Å². The number of anilines is 1. The SMILES string of the molecule is C[C@@H](NC(=O)c1[nH]c(=O)[nH]c(=O)c1N)c1cccc(-c2cnn(Cc3cccc(C#N)c3)c2)c1. The Hall–Kier alpha value is -4.91. The number of nitriles is 1. The number of carbonyl (C=O) groups excluding carboxylic acids is 1. The van der Waals surface area contributed by atoms with Crippen molar-refractivity contribution in [1.29, 1.82) is 5.26 Å². The number of nitrogens with one attached hydrogen (secondary N) is 3. The van der Waals surface area contributed by atoms with Gasteiger partial charge >= 0.3 is 5.69 Å². The second-order valence-corrected chi connectivity index (χ2v) is 7.76. The van der Waals surface area contributed by atoms with Gasteiger partial charge in [0.25, 0.3) is 11.5 Å². The summed E-state index contributed by atoms with van der Waals surface area (Å²) in [5, 5.41) is 16.2. The van der Waals surface area contributed by atoms with Crippen LogP contribution in [0.2, 0.25) is 0 Å². The van der Waals surface area contributed by atoms with E-state index in [-0.39, 0.29) is 11.4 Å². The van der Waals surface area contributed by atoms with E-state index >= 15 is 0 Å². The molecule has 0 aliphatic carbocycles. The number of amides is 1. The van der Waals surface area contributed by atoms with E-state index in [2.05, 4.69) is 21.5 Å². The molecule has 34 heavy (non-hydrogen) atoms. The highest BCUT2D eigenvalue weighted by Gasteiger charge is 2.17. The molecule has 4 rings (SSSR count). The number of carbonyl (C=O) groups is 1. The van der Waals surface area contributed by atoms with Crippen LogP contribution in [0, 0.1) is 11.3 Å². The molecular weight excluding hydrogens is 434 g/mol. The third-order valence-corrected chi connectivity index (χ3v) is 5.31. The Morgan fingerprint density at radius 2 is 1.97 bits per heavy atom. The van der Waals surface area contributed by atoms with Crippen LogP contribution in [-0.2, 0) is 6.54 Å². The maximum absolute atomic E-state index is 12.6. The maximum Gasteiger partial charge on any atom is 0.326 e. The van der Waals surface area contributed by atoms with Crippen molar-refractivity contribution in [3.63, 3.8) is 0 Å². The molecule has 0 fully saturated rings. The van der Waals surface area contributed by atoms with Gasteiger partial charge in [0, 0.05) is 11.8 Å². The van der Waals surface area contributed by atoms with Crippen LogP contribution >= 0.6 is 0 Å². The summed E-state index contributed by atoms with van der Waals surface area (Å²) in [6.07, 6.45) is 3.65. The van der Waals surface area contributed by atoms with Gasteiger partial charge < -0.3 is 16.0 Å². The summed E-state index contributed by atoms with van der Waals surface area (Å²) in [5.74, 6) is -0.661. The molecule has 1 atom stereocenters. The van der Waals surface area contributed by atoms with Gasteiger partial charge in [0.15, 0.2) is 0 Å². The van der Waals surface area contributed by atoms with Crippen molar-refractivity contribution in [1.82, 2.24) is 25.1 Å². The predicted molar refractivity (Wildman–Crippen MR) is 126 cm³/mol. The third kappa shape index (κ3) is 4.78. The molecule has 10 nitrogen and oxygen atoms in total. The van der Waals surface area contributed by atoms with E-state index in [1.165, 1.54) is 0 Å². The number of aromatic amines is 2. The predicted octanol–water partition coefficient (Wildman–Crippen LogP) is 1.92. The molecular formula is C24H21N7O3. The van der Waals surface area contributed by atoms with Crippen LogP contribution in [0.5, 0.6) is 0 Å². The van der Waals surface area contributed by atoms with Crippen LogP contribution in [0.1, 0.15) is 40.1 Å². The maximum atomic E-state index is 12.6. The molecule has 0 spiro atoms. The minimum absolute atomic E-state index is 0.279. The summed E-state index contributed by atoms with van der Waals surface area (Å²) in [6, 6.07) is 16.6. The smallest absolute Gasteiger partial charge is 0.326 e. The van der Waals surface area contributed by atoms with Crippen molar-refractivity contribution in [3.8, 4) is 17.2 Å². The summed E-state index contributed by atoms with van der Waals surface area (Å²) >= 11 is 0. The summed E-state index contributed by atoms with van der Waals surface area (Å²) in [4.78, 5) is 40.0. The van der Waals surface area contributed by atoms with Gasteiger partial charge in [-0.2, -0.15) is 10.4 Å². The fourth-order valence-electron chi connectivity index (χ4n) is 3.54. The zero-order chi connectivity index (χ0) is 24.2. The first kappa shape index (κ1) is 22.3. The molecule has 170 valence electrons. The van der Waals surface area contributed by atoms with Gasteiger partial charge in [0.1, 0.15) is 11.4 Å². The largest absolute Gasteiger partial charge is 0.392 e. The fraction of sp³-hybridized carbons (Fsp3) is 0.125. The minimum atomic E-state index is -0.820. The summed E-state index contributed by atoms with van der Waals surface area (Å²) < 4.78 is 1.79. The first-order chi connectivity index (χ1) is 16.3. The Balaban J connectivity index is 1.51. The molecule has 10 heteroatoms. The molecule has 2 aromatic heterocycles. The topological polar surface area (TPSA) is 162 Å². The molecule has 1 amide bonds. The number of nitrogens with zero attached hydrogens (tertiary/aromatic N) is 3. The van der Waals surface area contributed by atoms with Crippen molar-refractivity contribution < 1.29 is 4.79 Å². The molecule has 2 aromatic carbocycles. The van der Waals surface area contributed by atoms with Crippen molar-refractivity contribution >= 4 is 11.6 Å². The van der Waals surface area contributed by atoms with E-state index < -0.39 is 23.2 Å². The monoisotopic (exact) mass is 455 g/mol. The van der Waals surface area contributed by atoms with Gasteiger partial charge in [0.05, 0.1) is 30.4 Å². The second-order valence-electron chi connectivity index (χ2n) is 7.76. The van der Waals surface area contributed by atoms with Gasteiger partial charge in [-0.05, 0) is 41.8 Å². The molecule has 0 unspecified atom stereocenters. The Kier molecular flexibility index (Phi) is 6.09. The Morgan fingerprint density at radius 1 is 1.18 bits per heavy atom. The summed E-state index contributed by atoms with van der Waals surface area (Å²) in [7, 11) is 0. The van der Waals surface area contributed by atoms with Crippen LogP contribution in [-0.4, -0.2) is 25.7 Å². The van der Waals surface area contributed by atoms with E-state index in [9.17, 15) is 14.4 Å². The Labute approximate surface area is 193 Å². The standard InChI is InChI=1S/C24H21N7O3/c1-14(28-23(33)21-20(26)22(32)30-24(34)29-21)17-6-3-7-18(9-17)19-11-27-31(13-19)12-16-5-2-4-15(8-16)10-25/h2-9,11,13-14H,12,26H2,1H3,(H,28,33)(H2,29,30,32,34)/t14-/m1/s1. The number of aromatic nitrogens is 4. The van der Waals surface area contributed by atoms with Crippen molar-refractivity contribution in [3.05, 3.63) is 104 Å². The highest BCUT2D eigenvalue weighted by Crippen LogP contribution is 2.23. The summed E-state index contributed by atoms with van der Waals surface area (Å²) in [6.45, 7) is 2.31. The first-order valence-electron chi connectivity index (χ1n) is 10.4. The normalized spacial score (nSPS) is 11.5. The number of benzene rings is 2. The van der Waals surface area contributed by atoms with Crippen molar-refractivity contribution in [2.45, 2.75) is 19.5 Å². The first-order valence-corrected chi connectivity index (χ1v) is 10.4. The lowest BCUT2D eigenvalue weighted by atomic mass is 10.0. The lowest BCUT2D eigenvalue weighted by molar-refractivity contribution is 0.0935. The lowest BCUT2D eigenvalue weighted by Gasteiger charge is -2.15. The molecule has 0 aliphatic heterocycles. The van der Waals surface area contributed by atoms with Gasteiger partial charge in [0.2, 0.25) is 0 Å². The molecule has 2 heterocycles. The Bertz CT molecular complexity index is 1520. The van der Waals surface area contributed by atoms with Crippen LogP contribution in [0.25, 0.3) is 11.1 Å². The molecule has 0 aliphatic rings. The average Bonchev–Trinajstić information content (AvgIpc) is 3.30. The number of H-pyrrole nitrogens is 2. The van der Waals surface area contributed by atoms with Crippen molar-refractivity contribution in [2.75, 3.05) is 5.73 Å².